The van der Waals surface area contributed by atoms with Crippen molar-refractivity contribution >= 4 is 5.91 Å². The van der Waals surface area contributed by atoms with Crippen LogP contribution in [0.15, 0.2) is 30.3 Å². The fourth-order valence-electron chi connectivity index (χ4n) is 2.73. The van der Waals surface area contributed by atoms with Gasteiger partial charge in [0.15, 0.2) is 0 Å². The first-order chi connectivity index (χ1) is 7.83. The Morgan fingerprint density at radius 3 is 2.25 bits per heavy atom. The van der Waals surface area contributed by atoms with Gasteiger partial charge in [0.05, 0.1) is 5.41 Å². The smallest absolute Gasteiger partial charge is 0.233 e. The van der Waals surface area contributed by atoms with E-state index in [1.807, 2.05) is 18.2 Å². The minimum Gasteiger partial charge on any atom is -0.342 e. The Bertz CT molecular complexity index is 388. The third-order valence-electron chi connectivity index (χ3n) is 3.88. The number of hydrogen-bond acceptors (Lipinski definition) is 1. The van der Waals surface area contributed by atoms with Crippen LogP contribution in [0.3, 0.4) is 0 Å². The van der Waals surface area contributed by atoms with Crippen molar-refractivity contribution in [3.63, 3.8) is 0 Å². The van der Waals surface area contributed by atoms with Crippen molar-refractivity contribution in [3.8, 4) is 0 Å². The molecule has 3 rings (SSSR count). The lowest BCUT2D eigenvalue weighted by Crippen LogP contribution is -2.37. The number of hydrogen-bond donors (Lipinski definition) is 0. The van der Waals surface area contributed by atoms with Crippen molar-refractivity contribution < 1.29 is 4.79 Å². The summed E-state index contributed by atoms with van der Waals surface area (Å²) in [5, 5.41) is 0. The van der Waals surface area contributed by atoms with Crippen LogP contribution in [0.25, 0.3) is 0 Å². The summed E-state index contributed by atoms with van der Waals surface area (Å²) in [6.07, 6.45) is 4.42. The minimum atomic E-state index is -0.147. The first-order valence-electron chi connectivity index (χ1n) is 6.18. The number of nitrogens with zero attached hydrogens (tertiary/aromatic N) is 1. The molecule has 0 N–H and O–H groups in total. The van der Waals surface area contributed by atoms with Crippen molar-refractivity contribution in [1.82, 2.24) is 4.90 Å². The fraction of sp³-hybridized carbons (Fsp3) is 0.500. The molecular weight excluding hydrogens is 198 g/mol. The highest BCUT2D eigenvalue weighted by molar-refractivity contribution is 5.91. The maximum absolute atomic E-state index is 12.5. The van der Waals surface area contributed by atoms with E-state index in [1.165, 1.54) is 18.4 Å². The van der Waals surface area contributed by atoms with Gasteiger partial charge in [-0.05, 0) is 31.2 Å². The molecule has 1 heterocycles. The quantitative estimate of drug-likeness (QED) is 0.741. The van der Waals surface area contributed by atoms with Crippen LogP contribution >= 0.6 is 0 Å². The molecule has 2 heteroatoms. The molecule has 1 aromatic rings. The van der Waals surface area contributed by atoms with Crippen LogP contribution in [0.1, 0.15) is 31.2 Å². The monoisotopic (exact) mass is 215 g/mol. The van der Waals surface area contributed by atoms with E-state index >= 15 is 0 Å². The van der Waals surface area contributed by atoms with Crippen molar-refractivity contribution in [2.45, 2.75) is 31.1 Å². The molecule has 1 saturated carbocycles. The highest BCUT2D eigenvalue weighted by atomic mass is 16.2. The zero-order valence-corrected chi connectivity index (χ0v) is 9.48. The zero-order valence-electron chi connectivity index (χ0n) is 9.48. The molecule has 1 amide bonds. The molecular formula is C14H17NO. The molecule has 84 valence electrons. The van der Waals surface area contributed by atoms with Crippen LogP contribution in [0, 0.1) is 0 Å². The van der Waals surface area contributed by atoms with Crippen LogP contribution < -0.4 is 0 Å². The van der Waals surface area contributed by atoms with Gasteiger partial charge in [-0.25, -0.2) is 0 Å². The maximum Gasteiger partial charge on any atom is 0.233 e. The largest absolute Gasteiger partial charge is 0.342 e. The van der Waals surface area contributed by atoms with Gasteiger partial charge in [0.1, 0.15) is 0 Å². The van der Waals surface area contributed by atoms with Crippen LogP contribution in [-0.4, -0.2) is 23.9 Å². The van der Waals surface area contributed by atoms with Crippen molar-refractivity contribution in [2.24, 2.45) is 0 Å². The molecule has 0 bridgehead atoms. The topological polar surface area (TPSA) is 20.3 Å². The van der Waals surface area contributed by atoms with E-state index in [1.54, 1.807) is 0 Å². The number of rotatable bonds is 2. The molecule has 0 radical (unpaired) electrons. The van der Waals surface area contributed by atoms with Crippen LogP contribution in [0.5, 0.6) is 0 Å². The lowest BCUT2D eigenvalue weighted by molar-refractivity contribution is -0.132. The second-order valence-corrected chi connectivity index (χ2v) is 4.95. The van der Waals surface area contributed by atoms with E-state index in [0.29, 0.717) is 5.91 Å². The molecule has 16 heavy (non-hydrogen) atoms. The summed E-state index contributed by atoms with van der Waals surface area (Å²) in [7, 11) is 0. The normalized spacial score (nSPS) is 22.1. The van der Waals surface area contributed by atoms with Crippen molar-refractivity contribution in [2.75, 3.05) is 13.1 Å². The Morgan fingerprint density at radius 2 is 1.69 bits per heavy atom. The summed E-state index contributed by atoms with van der Waals surface area (Å²) >= 11 is 0. The predicted octanol–water partition coefficient (Wildman–Crippen LogP) is 2.34. The van der Waals surface area contributed by atoms with Gasteiger partial charge in [-0.15, -0.1) is 0 Å². The third-order valence-corrected chi connectivity index (χ3v) is 3.88. The number of carbonyl (C=O) groups is 1. The summed E-state index contributed by atoms with van der Waals surface area (Å²) in [6, 6.07) is 10.3. The van der Waals surface area contributed by atoms with Gasteiger partial charge in [-0.3, -0.25) is 4.79 Å². The molecule has 0 unspecified atom stereocenters. The first-order valence-corrected chi connectivity index (χ1v) is 6.18. The van der Waals surface area contributed by atoms with E-state index in [-0.39, 0.29) is 5.41 Å². The highest BCUT2D eigenvalue weighted by Crippen LogP contribution is 2.49. The Balaban J connectivity index is 1.86. The van der Waals surface area contributed by atoms with E-state index in [0.717, 1.165) is 25.9 Å². The van der Waals surface area contributed by atoms with Gasteiger partial charge < -0.3 is 4.90 Å². The van der Waals surface area contributed by atoms with Gasteiger partial charge in [0.2, 0.25) is 5.91 Å². The summed E-state index contributed by atoms with van der Waals surface area (Å²) in [5.41, 5.74) is 1.07. The molecule has 1 saturated heterocycles. The molecule has 1 aliphatic heterocycles. The lowest BCUT2D eigenvalue weighted by atomic mass is 9.94. The number of benzene rings is 1. The maximum atomic E-state index is 12.5. The van der Waals surface area contributed by atoms with Gasteiger partial charge in [-0.1, -0.05) is 30.3 Å². The van der Waals surface area contributed by atoms with Crippen molar-refractivity contribution in [1.29, 1.82) is 0 Å². The number of likely N-dealkylation sites (tertiary alicyclic amines) is 1. The Labute approximate surface area is 96.3 Å². The minimum absolute atomic E-state index is 0.147. The first kappa shape index (κ1) is 9.88. The molecule has 1 aromatic carbocycles. The second-order valence-electron chi connectivity index (χ2n) is 4.95. The standard InChI is InChI=1S/C14H17NO/c16-13(15-10-4-5-11-15)14(8-9-14)12-6-2-1-3-7-12/h1-3,6-7H,4-5,8-11H2. The van der Waals surface area contributed by atoms with E-state index in [4.69, 9.17) is 0 Å². The highest BCUT2D eigenvalue weighted by Gasteiger charge is 2.53. The Kier molecular flexibility index (Phi) is 2.23. The summed E-state index contributed by atoms with van der Waals surface area (Å²) in [5.74, 6) is 0.371. The molecule has 2 nitrogen and oxygen atoms in total. The number of amides is 1. The van der Waals surface area contributed by atoms with Gasteiger partial charge in [0.25, 0.3) is 0 Å². The van der Waals surface area contributed by atoms with E-state index in [9.17, 15) is 4.79 Å². The second kappa shape index (κ2) is 3.62. The molecule has 0 spiro atoms. The van der Waals surface area contributed by atoms with E-state index < -0.39 is 0 Å². The molecule has 2 fully saturated rings. The van der Waals surface area contributed by atoms with Crippen molar-refractivity contribution in [3.05, 3.63) is 35.9 Å². The zero-order chi connectivity index (χ0) is 11.0. The van der Waals surface area contributed by atoms with Crippen LogP contribution in [-0.2, 0) is 10.2 Å². The van der Waals surface area contributed by atoms with Gasteiger partial charge in [-0.2, -0.15) is 0 Å². The Morgan fingerprint density at radius 1 is 1.06 bits per heavy atom. The molecule has 1 aliphatic carbocycles. The molecule has 2 aliphatic rings. The number of carbonyl (C=O) groups excluding carboxylic acids is 1. The van der Waals surface area contributed by atoms with Gasteiger partial charge in [0, 0.05) is 13.1 Å². The SMILES string of the molecule is O=C(N1CCCC1)C1(c2ccccc2)CC1. The van der Waals surface area contributed by atoms with Gasteiger partial charge >= 0.3 is 0 Å². The lowest BCUT2D eigenvalue weighted by Gasteiger charge is -2.23. The molecule has 0 aromatic heterocycles. The Hall–Kier alpha value is -1.31. The summed E-state index contributed by atoms with van der Waals surface area (Å²) in [6.45, 7) is 1.93. The summed E-state index contributed by atoms with van der Waals surface area (Å²) in [4.78, 5) is 14.5. The van der Waals surface area contributed by atoms with E-state index in [2.05, 4.69) is 17.0 Å². The van der Waals surface area contributed by atoms with Crippen LogP contribution in [0.2, 0.25) is 0 Å². The predicted molar refractivity (Wildman–Crippen MR) is 63.2 cm³/mol. The van der Waals surface area contributed by atoms with Crippen LogP contribution in [0.4, 0.5) is 0 Å². The average molecular weight is 215 g/mol. The fourth-order valence-corrected chi connectivity index (χ4v) is 2.73. The summed E-state index contributed by atoms with van der Waals surface area (Å²) < 4.78 is 0. The molecule has 0 atom stereocenters. The third kappa shape index (κ3) is 1.44. The average Bonchev–Trinajstić information content (AvgIpc) is 2.97.